The van der Waals surface area contributed by atoms with E-state index in [9.17, 15) is 9.59 Å². The highest BCUT2D eigenvalue weighted by atomic mass is 35.5. The summed E-state index contributed by atoms with van der Waals surface area (Å²) in [5.41, 5.74) is 0. The lowest BCUT2D eigenvalue weighted by Crippen LogP contribution is -2.43. The number of carbonyl (C=O) groups excluding carboxylic acids is 2. The van der Waals surface area contributed by atoms with Gasteiger partial charge in [-0.05, 0) is 31.6 Å². The van der Waals surface area contributed by atoms with Crippen molar-refractivity contribution >= 4 is 24.2 Å². The van der Waals surface area contributed by atoms with E-state index < -0.39 is 0 Å². The third kappa shape index (κ3) is 5.15. The quantitative estimate of drug-likeness (QED) is 0.752. The van der Waals surface area contributed by atoms with Gasteiger partial charge in [-0.15, -0.1) is 12.4 Å². The molecule has 6 heteroatoms. The van der Waals surface area contributed by atoms with Crippen LogP contribution in [0.1, 0.15) is 44.9 Å². The monoisotopic (exact) mass is 317 g/mol. The lowest BCUT2D eigenvalue weighted by atomic mass is 9.85. The van der Waals surface area contributed by atoms with E-state index in [1.54, 1.807) is 19.0 Å². The maximum atomic E-state index is 12.1. The zero-order valence-electron chi connectivity index (χ0n) is 13.1. The van der Waals surface area contributed by atoms with Gasteiger partial charge in [-0.2, -0.15) is 0 Å². The molecule has 122 valence electrons. The van der Waals surface area contributed by atoms with Crippen LogP contribution in [0.4, 0.5) is 0 Å². The molecule has 3 atom stereocenters. The summed E-state index contributed by atoms with van der Waals surface area (Å²) in [5, 5.41) is 6.43. The smallest absolute Gasteiger partial charge is 0.237 e. The maximum Gasteiger partial charge on any atom is 0.237 e. The first-order valence-corrected chi connectivity index (χ1v) is 7.82. The zero-order valence-corrected chi connectivity index (χ0v) is 13.9. The van der Waals surface area contributed by atoms with Crippen molar-refractivity contribution in [2.24, 2.45) is 5.92 Å². The minimum Gasteiger partial charge on any atom is -0.355 e. The van der Waals surface area contributed by atoms with Gasteiger partial charge in [0.15, 0.2) is 0 Å². The van der Waals surface area contributed by atoms with Gasteiger partial charge < -0.3 is 15.5 Å². The van der Waals surface area contributed by atoms with Crippen LogP contribution in [0, 0.1) is 5.92 Å². The Balaban J connectivity index is 0.00000220. The molecule has 1 aliphatic carbocycles. The van der Waals surface area contributed by atoms with E-state index in [1.807, 2.05) is 0 Å². The van der Waals surface area contributed by atoms with Crippen LogP contribution in [0.3, 0.4) is 0 Å². The molecule has 0 aromatic carbocycles. The van der Waals surface area contributed by atoms with Crippen molar-refractivity contribution in [3.63, 3.8) is 0 Å². The molecule has 1 heterocycles. The number of hydrogen-bond donors (Lipinski definition) is 2. The van der Waals surface area contributed by atoms with Gasteiger partial charge in [-0.25, -0.2) is 0 Å². The first kappa shape index (κ1) is 18.2. The molecule has 1 saturated heterocycles. The van der Waals surface area contributed by atoms with E-state index in [0.717, 1.165) is 6.42 Å². The predicted molar refractivity (Wildman–Crippen MR) is 85.5 cm³/mol. The number of amides is 2. The zero-order chi connectivity index (χ0) is 14.5. The summed E-state index contributed by atoms with van der Waals surface area (Å²) in [6.07, 6.45) is 7.26. The van der Waals surface area contributed by atoms with Crippen LogP contribution in [0.2, 0.25) is 0 Å². The molecule has 2 rings (SSSR count). The fourth-order valence-electron chi connectivity index (χ4n) is 3.32. The summed E-state index contributed by atoms with van der Waals surface area (Å²) in [6, 6.07) is 0.530. The molecule has 2 fully saturated rings. The second kappa shape index (κ2) is 8.59. The Morgan fingerprint density at radius 2 is 1.95 bits per heavy atom. The second-order valence-electron chi connectivity index (χ2n) is 6.29. The fraction of sp³-hybridized carbons (Fsp3) is 0.867. The predicted octanol–water partition coefficient (Wildman–Crippen LogP) is 1.31. The Bertz CT molecular complexity index is 349. The third-order valence-corrected chi connectivity index (χ3v) is 4.54. The van der Waals surface area contributed by atoms with E-state index in [2.05, 4.69) is 10.6 Å². The number of nitrogens with zero attached hydrogens (tertiary/aromatic N) is 1. The topological polar surface area (TPSA) is 61.4 Å². The van der Waals surface area contributed by atoms with Gasteiger partial charge in [0.2, 0.25) is 11.8 Å². The summed E-state index contributed by atoms with van der Waals surface area (Å²) in [5.74, 6) is 0.913. The molecule has 0 spiro atoms. The van der Waals surface area contributed by atoms with Crippen molar-refractivity contribution in [2.45, 2.75) is 57.0 Å². The maximum absolute atomic E-state index is 12.1. The first-order chi connectivity index (χ1) is 9.58. The van der Waals surface area contributed by atoms with E-state index in [1.165, 1.54) is 25.7 Å². The van der Waals surface area contributed by atoms with Gasteiger partial charge in [0.1, 0.15) is 0 Å². The Kier molecular flexibility index (Phi) is 7.46. The summed E-state index contributed by atoms with van der Waals surface area (Å²) in [6.45, 7) is 0.589. The highest BCUT2D eigenvalue weighted by Gasteiger charge is 2.37. The molecule has 21 heavy (non-hydrogen) atoms. The summed E-state index contributed by atoms with van der Waals surface area (Å²) < 4.78 is 0. The summed E-state index contributed by atoms with van der Waals surface area (Å²) >= 11 is 0. The molecule has 1 saturated carbocycles. The average molecular weight is 318 g/mol. The molecular formula is C15H28ClN3O2. The van der Waals surface area contributed by atoms with Gasteiger partial charge in [0.05, 0.1) is 6.04 Å². The fourth-order valence-corrected chi connectivity index (χ4v) is 3.32. The van der Waals surface area contributed by atoms with Crippen molar-refractivity contribution in [3.8, 4) is 0 Å². The second-order valence-corrected chi connectivity index (χ2v) is 6.29. The lowest BCUT2D eigenvalue weighted by Gasteiger charge is -2.24. The number of carbonyl (C=O) groups is 2. The number of rotatable bonds is 5. The largest absolute Gasteiger partial charge is 0.355 e. The van der Waals surface area contributed by atoms with Gasteiger partial charge in [-0.1, -0.05) is 12.8 Å². The van der Waals surface area contributed by atoms with E-state index >= 15 is 0 Å². The molecular weight excluding hydrogens is 290 g/mol. The van der Waals surface area contributed by atoms with Crippen molar-refractivity contribution in [2.75, 3.05) is 20.6 Å². The molecule has 2 N–H and O–H groups in total. The molecule has 0 aromatic rings. The first-order valence-electron chi connectivity index (χ1n) is 7.82. The molecule has 1 aliphatic heterocycles. The molecule has 5 nitrogen and oxygen atoms in total. The van der Waals surface area contributed by atoms with E-state index in [-0.39, 0.29) is 30.3 Å². The molecule has 2 aliphatic rings. The third-order valence-electron chi connectivity index (χ3n) is 4.54. The lowest BCUT2D eigenvalue weighted by molar-refractivity contribution is -0.129. The molecule has 3 unspecified atom stereocenters. The highest BCUT2D eigenvalue weighted by Crippen LogP contribution is 2.33. The number of halogens is 1. The summed E-state index contributed by atoms with van der Waals surface area (Å²) in [7, 11) is 3.51. The highest BCUT2D eigenvalue weighted by molar-refractivity contribution is 5.85. The van der Waals surface area contributed by atoms with Crippen LogP contribution >= 0.6 is 12.4 Å². The van der Waals surface area contributed by atoms with Gasteiger partial charge >= 0.3 is 0 Å². The molecule has 0 aromatic heterocycles. The number of nitrogens with one attached hydrogen (secondary N) is 2. The van der Waals surface area contributed by atoms with Crippen LogP contribution in [0.25, 0.3) is 0 Å². The van der Waals surface area contributed by atoms with Crippen LogP contribution in [-0.2, 0) is 9.59 Å². The Labute approximate surface area is 133 Å². The van der Waals surface area contributed by atoms with Crippen molar-refractivity contribution in [1.82, 2.24) is 15.5 Å². The van der Waals surface area contributed by atoms with Crippen molar-refractivity contribution in [3.05, 3.63) is 0 Å². The Morgan fingerprint density at radius 3 is 2.62 bits per heavy atom. The number of fused-ring (bicyclic) bond motifs is 1. The minimum atomic E-state index is -0.0207. The van der Waals surface area contributed by atoms with Crippen molar-refractivity contribution < 1.29 is 9.59 Å². The summed E-state index contributed by atoms with van der Waals surface area (Å²) in [4.78, 5) is 25.1. The molecule has 0 bridgehead atoms. The van der Waals surface area contributed by atoms with E-state index in [0.29, 0.717) is 31.3 Å². The molecule has 2 amide bonds. The SMILES string of the molecule is CN(C)C(=O)CCCNC(=O)C1CC2CCCCC2N1.Cl. The van der Waals surface area contributed by atoms with Gasteiger partial charge in [-0.3, -0.25) is 9.59 Å². The number of hydrogen-bond acceptors (Lipinski definition) is 3. The van der Waals surface area contributed by atoms with Crippen LogP contribution in [-0.4, -0.2) is 49.4 Å². The molecule has 0 radical (unpaired) electrons. The standard InChI is InChI=1S/C15H27N3O2.ClH/c1-18(2)14(19)8-5-9-16-15(20)13-10-11-6-3-4-7-12(11)17-13;/h11-13,17H,3-10H2,1-2H3,(H,16,20);1H. The van der Waals surface area contributed by atoms with Crippen LogP contribution < -0.4 is 10.6 Å². The van der Waals surface area contributed by atoms with Crippen molar-refractivity contribution in [1.29, 1.82) is 0 Å². The average Bonchev–Trinajstić information content (AvgIpc) is 2.86. The Hall–Kier alpha value is -0.810. The van der Waals surface area contributed by atoms with Gasteiger partial charge in [0, 0.05) is 33.1 Å². The van der Waals surface area contributed by atoms with Crippen LogP contribution in [0.5, 0.6) is 0 Å². The Morgan fingerprint density at radius 1 is 1.24 bits per heavy atom. The van der Waals surface area contributed by atoms with Gasteiger partial charge in [0.25, 0.3) is 0 Å². The minimum absolute atomic E-state index is 0. The van der Waals surface area contributed by atoms with Crippen LogP contribution in [0.15, 0.2) is 0 Å². The van der Waals surface area contributed by atoms with E-state index in [4.69, 9.17) is 0 Å². The normalized spacial score (nSPS) is 27.4.